The van der Waals surface area contributed by atoms with Crippen molar-refractivity contribution >= 4 is 11.0 Å². The number of aliphatic hydroxyl groups excluding tert-OH is 1. The summed E-state index contributed by atoms with van der Waals surface area (Å²) >= 11 is 0. The van der Waals surface area contributed by atoms with Crippen LogP contribution in [-0.2, 0) is 13.0 Å². The first-order chi connectivity index (χ1) is 9.79. The molecule has 3 rings (SSSR count). The Bertz CT molecular complexity index is 699. The quantitative estimate of drug-likeness (QED) is 0.773. The van der Waals surface area contributed by atoms with Crippen LogP contribution in [0.15, 0.2) is 47.3 Å². The lowest BCUT2D eigenvalue weighted by Crippen LogP contribution is -2.08. The zero-order chi connectivity index (χ0) is 13.9. The molecular formula is C16H18N2O2. The first-order valence-electron chi connectivity index (χ1n) is 6.93. The fourth-order valence-corrected chi connectivity index (χ4v) is 2.51. The van der Waals surface area contributed by atoms with Crippen LogP contribution in [0, 0.1) is 0 Å². The van der Waals surface area contributed by atoms with Crippen molar-refractivity contribution in [1.29, 1.82) is 0 Å². The van der Waals surface area contributed by atoms with Crippen molar-refractivity contribution in [2.75, 3.05) is 0 Å². The number of nitrogens with zero attached hydrogens (tertiary/aromatic N) is 2. The third kappa shape index (κ3) is 2.34. The van der Waals surface area contributed by atoms with Crippen LogP contribution in [0.5, 0.6) is 0 Å². The van der Waals surface area contributed by atoms with Crippen molar-refractivity contribution in [3.8, 4) is 0 Å². The smallest absolute Gasteiger partial charge is 0.134 e. The largest absolute Gasteiger partial charge is 0.464 e. The maximum atomic E-state index is 10.5. The van der Waals surface area contributed by atoms with Gasteiger partial charge in [-0.25, -0.2) is 4.98 Å². The topological polar surface area (TPSA) is 51.2 Å². The van der Waals surface area contributed by atoms with Gasteiger partial charge in [0.15, 0.2) is 0 Å². The van der Waals surface area contributed by atoms with E-state index in [1.54, 1.807) is 12.5 Å². The Morgan fingerprint density at radius 2 is 2.20 bits per heavy atom. The molecule has 4 heteroatoms. The van der Waals surface area contributed by atoms with Crippen LogP contribution >= 0.6 is 0 Å². The predicted molar refractivity (Wildman–Crippen MR) is 77.4 cm³/mol. The summed E-state index contributed by atoms with van der Waals surface area (Å²) in [6, 6.07) is 7.75. The first kappa shape index (κ1) is 12.9. The Labute approximate surface area is 117 Å². The van der Waals surface area contributed by atoms with Crippen LogP contribution in [0.1, 0.15) is 30.8 Å². The van der Waals surface area contributed by atoms with E-state index in [4.69, 9.17) is 4.42 Å². The lowest BCUT2D eigenvalue weighted by molar-refractivity contribution is 0.175. The second-order valence-electron chi connectivity index (χ2n) is 4.94. The minimum atomic E-state index is -0.600. The lowest BCUT2D eigenvalue weighted by atomic mass is 10.1. The fraction of sp³-hybridized carbons (Fsp3) is 0.312. The van der Waals surface area contributed by atoms with E-state index < -0.39 is 6.10 Å². The number of para-hydroxylation sites is 1. The molecule has 0 saturated carbocycles. The molecule has 0 spiro atoms. The van der Waals surface area contributed by atoms with Gasteiger partial charge in [-0.1, -0.05) is 25.1 Å². The Kier molecular flexibility index (Phi) is 3.56. The van der Waals surface area contributed by atoms with E-state index in [9.17, 15) is 5.11 Å². The Balaban J connectivity index is 1.85. The summed E-state index contributed by atoms with van der Waals surface area (Å²) < 4.78 is 7.57. The predicted octanol–water partition coefficient (Wildman–Crippen LogP) is 3.32. The lowest BCUT2D eigenvalue weighted by Gasteiger charge is -2.11. The van der Waals surface area contributed by atoms with Crippen molar-refractivity contribution in [3.05, 3.63) is 54.3 Å². The number of imidazole rings is 1. The minimum absolute atomic E-state index is 0.497. The molecule has 3 aromatic rings. The van der Waals surface area contributed by atoms with Crippen LogP contribution in [0.25, 0.3) is 11.0 Å². The van der Waals surface area contributed by atoms with Crippen LogP contribution in [0.4, 0.5) is 0 Å². The molecule has 0 bridgehead atoms. The van der Waals surface area contributed by atoms with Gasteiger partial charge in [0.1, 0.15) is 11.4 Å². The first-order valence-corrected chi connectivity index (χ1v) is 6.93. The van der Waals surface area contributed by atoms with Gasteiger partial charge in [-0.05, 0) is 12.5 Å². The fourth-order valence-electron chi connectivity index (χ4n) is 2.51. The molecule has 0 aliphatic rings. The molecule has 1 aromatic carbocycles. The zero-order valence-electron chi connectivity index (χ0n) is 11.5. The molecule has 4 nitrogen and oxygen atoms in total. The number of hydrogen-bond donors (Lipinski definition) is 1. The van der Waals surface area contributed by atoms with Gasteiger partial charge in [0, 0.05) is 36.3 Å². The summed E-state index contributed by atoms with van der Waals surface area (Å²) in [5.41, 5.74) is 1.63. The van der Waals surface area contributed by atoms with Crippen molar-refractivity contribution in [3.63, 3.8) is 0 Å². The molecule has 1 N–H and O–H groups in total. The molecule has 0 radical (unpaired) electrons. The van der Waals surface area contributed by atoms with Gasteiger partial charge in [0.25, 0.3) is 0 Å². The molecule has 0 aliphatic heterocycles. The average molecular weight is 270 g/mol. The highest BCUT2D eigenvalue weighted by atomic mass is 16.3. The van der Waals surface area contributed by atoms with E-state index in [2.05, 4.69) is 16.5 Å². The minimum Gasteiger partial charge on any atom is -0.464 e. The Morgan fingerprint density at radius 1 is 1.35 bits per heavy atom. The number of benzene rings is 1. The Morgan fingerprint density at radius 3 is 3.05 bits per heavy atom. The van der Waals surface area contributed by atoms with E-state index in [1.165, 1.54) is 0 Å². The monoisotopic (exact) mass is 270 g/mol. The summed E-state index contributed by atoms with van der Waals surface area (Å²) in [5, 5.41) is 11.4. The van der Waals surface area contributed by atoms with Gasteiger partial charge in [-0.15, -0.1) is 0 Å². The van der Waals surface area contributed by atoms with Gasteiger partial charge in [0.2, 0.25) is 0 Å². The zero-order valence-corrected chi connectivity index (χ0v) is 11.5. The van der Waals surface area contributed by atoms with Crippen molar-refractivity contribution in [1.82, 2.24) is 9.55 Å². The van der Waals surface area contributed by atoms with Gasteiger partial charge >= 0.3 is 0 Å². The van der Waals surface area contributed by atoms with Crippen molar-refractivity contribution in [2.45, 2.75) is 32.4 Å². The number of aliphatic hydroxyl groups is 1. The number of rotatable bonds is 5. The third-order valence-corrected chi connectivity index (χ3v) is 3.51. The number of aromatic nitrogens is 2. The van der Waals surface area contributed by atoms with Gasteiger partial charge in [-0.2, -0.15) is 0 Å². The van der Waals surface area contributed by atoms with Gasteiger partial charge in [-0.3, -0.25) is 0 Å². The Hall–Kier alpha value is -2.07. The number of hydrogen-bond acceptors (Lipinski definition) is 3. The molecule has 0 saturated heterocycles. The summed E-state index contributed by atoms with van der Waals surface area (Å²) in [7, 11) is 0. The van der Waals surface area contributed by atoms with Crippen LogP contribution in [0.2, 0.25) is 0 Å². The van der Waals surface area contributed by atoms with E-state index in [-0.39, 0.29) is 0 Å². The molecule has 1 unspecified atom stereocenters. The molecule has 0 aliphatic carbocycles. The number of furan rings is 1. The number of fused-ring (bicyclic) bond motifs is 1. The molecule has 0 fully saturated rings. The van der Waals surface area contributed by atoms with Gasteiger partial charge < -0.3 is 14.1 Å². The molecule has 2 aromatic heterocycles. The third-order valence-electron chi connectivity index (χ3n) is 3.51. The van der Waals surface area contributed by atoms with Crippen molar-refractivity contribution in [2.24, 2.45) is 0 Å². The molecule has 104 valence electrons. The highest BCUT2D eigenvalue weighted by Gasteiger charge is 2.17. The highest BCUT2D eigenvalue weighted by molar-refractivity contribution is 5.81. The SMILES string of the molecule is CCCn1ccnc1CC(O)c1coc2ccccc12. The van der Waals surface area contributed by atoms with Crippen LogP contribution in [0.3, 0.4) is 0 Å². The molecule has 20 heavy (non-hydrogen) atoms. The second-order valence-corrected chi connectivity index (χ2v) is 4.94. The molecule has 0 amide bonds. The highest BCUT2D eigenvalue weighted by Crippen LogP contribution is 2.28. The average Bonchev–Trinajstić information content (AvgIpc) is 3.06. The standard InChI is InChI=1S/C16H18N2O2/c1-2-8-18-9-7-17-16(18)10-14(19)13-11-20-15-6-4-3-5-12(13)15/h3-7,9,11,14,19H,2,8,10H2,1H3. The summed E-state index contributed by atoms with van der Waals surface area (Å²) in [6.07, 6.45) is 6.33. The maximum Gasteiger partial charge on any atom is 0.134 e. The maximum absolute atomic E-state index is 10.5. The second kappa shape index (κ2) is 5.51. The van der Waals surface area contributed by atoms with E-state index in [0.29, 0.717) is 6.42 Å². The van der Waals surface area contributed by atoms with E-state index in [0.717, 1.165) is 35.3 Å². The summed E-state index contributed by atoms with van der Waals surface area (Å²) in [5.74, 6) is 0.907. The summed E-state index contributed by atoms with van der Waals surface area (Å²) in [4.78, 5) is 4.34. The molecular weight excluding hydrogens is 252 g/mol. The molecule has 1 atom stereocenters. The normalized spacial score (nSPS) is 12.9. The van der Waals surface area contributed by atoms with E-state index in [1.807, 2.05) is 30.5 Å². The summed E-state index contributed by atoms with van der Waals surface area (Å²) in [6.45, 7) is 3.05. The van der Waals surface area contributed by atoms with Crippen LogP contribution < -0.4 is 0 Å². The van der Waals surface area contributed by atoms with Crippen molar-refractivity contribution < 1.29 is 9.52 Å². The van der Waals surface area contributed by atoms with E-state index >= 15 is 0 Å². The number of aryl methyl sites for hydroxylation is 1. The van der Waals surface area contributed by atoms with Gasteiger partial charge in [0.05, 0.1) is 12.4 Å². The van der Waals surface area contributed by atoms with Crippen LogP contribution in [-0.4, -0.2) is 14.7 Å². The molecule has 2 heterocycles.